The van der Waals surface area contributed by atoms with Gasteiger partial charge in [0, 0.05) is 49.0 Å². The van der Waals surface area contributed by atoms with Crippen LogP contribution in [0.5, 0.6) is 0 Å². The second kappa shape index (κ2) is 10.8. The Morgan fingerprint density at radius 3 is 1.61 bits per heavy atom. The first-order valence-electron chi connectivity index (χ1n) is 17.4. The lowest BCUT2D eigenvalue weighted by atomic mass is 9.94. The summed E-state index contributed by atoms with van der Waals surface area (Å²) in [6, 6.07) is 65.6. The Morgan fingerprint density at radius 2 is 0.863 bits per heavy atom. The molecule has 0 aliphatic rings. The molecular formula is C48H30N2O. The summed E-state index contributed by atoms with van der Waals surface area (Å²) in [7, 11) is 0. The third-order valence-corrected chi connectivity index (χ3v) is 10.5. The van der Waals surface area contributed by atoms with Gasteiger partial charge < -0.3 is 13.6 Å². The van der Waals surface area contributed by atoms with Gasteiger partial charge in [-0.05, 0) is 48.0 Å². The van der Waals surface area contributed by atoms with E-state index in [1.54, 1.807) is 0 Å². The van der Waals surface area contributed by atoms with Crippen molar-refractivity contribution in [1.82, 2.24) is 9.13 Å². The SMILES string of the molecule is c1ccc(-c2cccc(-c3ccccc3-n3c4ccccc4c4cc5oc6ccccc6c5cc43)c2-n2c3ccccc3c3ccccc32)cc1. The number of para-hydroxylation sites is 6. The van der Waals surface area contributed by atoms with E-state index >= 15 is 0 Å². The average molecular weight is 651 g/mol. The van der Waals surface area contributed by atoms with Crippen molar-refractivity contribution in [2.75, 3.05) is 0 Å². The molecule has 0 saturated carbocycles. The lowest BCUT2D eigenvalue weighted by molar-refractivity contribution is 0.669. The van der Waals surface area contributed by atoms with Crippen LogP contribution >= 0.6 is 0 Å². The summed E-state index contributed by atoms with van der Waals surface area (Å²) in [6.45, 7) is 0. The number of nitrogens with zero attached hydrogens (tertiary/aromatic N) is 2. The molecule has 3 aromatic heterocycles. The maximum Gasteiger partial charge on any atom is 0.136 e. The van der Waals surface area contributed by atoms with Gasteiger partial charge in [0.1, 0.15) is 11.2 Å². The average Bonchev–Trinajstić information content (AvgIpc) is 3.84. The Kier molecular flexibility index (Phi) is 5.96. The van der Waals surface area contributed by atoms with Crippen molar-refractivity contribution < 1.29 is 4.42 Å². The fraction of sp³-hybridized carbons (Fsp3) is 0. The van der Waals surface area contributed by atoms with E-state index in [0.717, 1.165) is 49.9 Å². The molecule has 0 atom stereocenters. The molecule has 11 aromatic rings. The molecule has 51 heavy (non-hydrogen) atoms. The fourth-order valence-corrected chi connectivity index (χ4v) is 8.36. The topological polar surface area (TPSA) is 23.0 Å². The van der Waals surface area contributed by atoms with Gasteiger partial charge in [-0.2, -0.15) is 0 Å². The van der Waals surface area contributed by atoms with E-state index in [0.29, 0.717) is 0 Å². The Hall–Kier alpha value is -6.84. The minimum absolute atomic E-state index is 0.907. The van der Waals surface area contributed by atoms with Crippen molar-refractivity contribution in [1.29, 1.82) is 0 Å². The number of benzene rings is 8. The van der Waals surface area contributed by atoms with Gasteiger partial charge in [-0.1, -0.05) is 140 Å². The highest BCUT2D eigenvalue weighted by molar-refractivity contribution is 6.17. The highest BCUT2D eigenvalue weighted by Crippen LogP contribution is 2.45. The molecule has 3 nitrogen and oxygen atoms in total. The van der Waals surface area contributed by atoms with Crippen LogP contribution in [0, 0.1) is 0 Å². The van der Waals surface area contributed by atoms with Gasteiger partial charge in [0.05, 0.1) is 33.4 Å². The van der Waals surface area contributed by atoms with Gasteiger partial charge in [-0.25, -0.2) is 0 Å². The molecule has 0 amide bonds. The third-order valence-electron chi connectivity index (χ3n) is 10.5. The van der Waals surface area contributed by atoms with Crippen molar-refractivity contribution in [2.45, 2.75) is 0 Å². The summed E-state index contributed by atoms with van der Waals surface area (Å²) in [5.41, 5.74) is 13.5. The highest BCUT2D eigenvalue weighted by Gasteiger charge is 2.23. The van der Waals surface area contributed by atoms with Crippen LogP contribution in [-0.4, -0.2) is 9.13 Å². The summed E-state index contributed by atoms with van der Waals surface area (Å²) >= 11 is 0. The second-order valence-electron chi connectivity index (χ2n) is 13.3. The minimum Gasteiger partial charge on any atom is -0.456 e. The molecule has 0 spiro atoms. The summed E-state index contributed by atoms with van der Waals surface area (Å²) in [6.07, 6.45) is 0. The van der Waals surface area contributed by atoms with Crippen LogP contribution in [0.25, 0.3) is 99.2 Å². The number of fused-ring (bicyclic) bond motifs is 9. The first-order valence-corrected chi connectivity index (χ1v) is 17.4. The molecule has 0 aliphatic heterocycles. The van der Waals surface area contributed by atoms with Crippen molar-refractivity contribution in [3.05, 3.63) is 182 Å². The van der Waals surface area contributed by atoms with Crippen molar-refractivity contribution in [2.24, 2.45) is 0 Å². The Balaban J connectivity index is 1.27. The molecule has 238 valence electrons. The van der Waals surface area contributed by atoms with E-state index < -0.39 is 0 Å². The lowest BCUT2D eigenvalue weighted by Crippen LogP contribution is -2.03. The molecule has 0 aliphatic carbocycles. The zero-order chi connectivity index (χ0) is 33.5. The number of aromatic nitrogens is 2. The number of rotatable bonds is 4. The van der Waals surface area contributed by atoms with Gasteiger partial charge in [0.2, 0.25) is 0 Å². The van der Waals surface area contributed by atoms with E-state index in [2.05, 4.69) is 185 Å². The summed E-state index contributed by atoms with van der Waals surface area (Å²) < 4.78 is 11.3. The van der Waals surface area contributed by atoms with Crippen LogP contribution in [-0.2, 0) is 0 Å². The quantitative estimate of drug-likeness (QED) is 0.186. The van der Waals surface area contributed by atoms with Gasteiger partial charge in [0.15, 0.2) is 0 Å². The highest BCUT2D eigenvalue weighted by atomic mass is 16.3. The maximum atomic E-state index is 6.39. The molecule has 3 heteroatoms. The smallest absolute Gasteiger partial charge is 0.136 e. The van der Waals surface area contributed by atoms with Crippen LogP contribution in [0.1, 0.15) is 0 Å². The van der Waals surface area contributed by atoms with Crippen LogP contribution < -0.4 is 0 Å². The molecule has 3 heterocycles. The Morgan fingerprint density at radius 1 is 0.314 bits per heavy atom. The summed E-state index contributed by atoms with van der Waals surface area (Å²) in [5, 5.41) is 7.11. The molecule has 0 unspecified atom stereocenters. The number of hydrogen-bond acceptors (Lipinski definition) is 1. The summed E-state index contributed by atoms with van der Waals surface area (Å²) in [4.78, 5) is 0. The van der Waals surface area contributed by atoms with Crippen molar-refractivity contribution in [3.8, 4) is 33.6 Å². The molecule has 0 N–H and O–H groups in total. The number of furan rings is 1. The van der Waals surface area contributed by atoms with E-state index in [1.165, 1.54) is 49.3 Å². The van der Waals surface area contributed by atoms with Crippen LogP contribution in [0.15, 0.2) is 186 Å². The molecule has 0 radical (unpaired) electrons. The minimum atomic E-state index is 0.907. The van der Waals surface area contributed by atoms with Gasteiger partial charge in [0.25, 0.3) is 0 Å². The lowest BCUT2D eigenvalue weighted by Gasteiger charge is -2.21. The van der Waals surface area contributed by atoms with Crippen LogP contribution in [0.3, 0.4) is 0 Å². The maximum absolute atomic E-state index is 6.39. The fourth-order valence-electron chi connectivity index (χ4n) is 8.36. The van der Waals surface area contributed by atoms with Crippen LogP contribution in [0.4, 0.5) is 0 Å². The monoisotopic (exact) mass is 650 g/mol. The van der Waals surface area contributed by atoms with E-state index in [4.69, 9.17) is 4.42 Å². The molecule has 0 bridgehead atoms. The zero-order valence-corrected chi connectivity index (χ0v) is 27.6. The number of hydrogen-bond donors (Lipinski definition) is 0. The largest absolute Gasteiger partial charge is 0.456 e. The van der Waals surface area contributed by atoms with E-state index in [-0.39, 0.29) is 0 Å². The summed E-state index contributed by atoms with van der Waals surface area (Å²) in [5.74, 6) is 0. The zero-order valence-electron chi connectivity index (χ0n) is 27.6. The van der Waals surface area contributed by atoms with Crippen molar-refractivity contribution >= 4 is 65.6 Å². The van der Waals surface area contributed by atoms with E-state index in [1.807, 2.05) is 6.07 Å². The molecule has 0 saturated heterocycles. The molecular weight excluding hydrogens is 621 g/mol. The Bertz CT molecular complexity index is 3090. The van der Waals surface area contributed by atoms with Gasteiger partial charge >= 0.3 is 0 Å². The van der Waals surface area contributed by atoms with Gasteiger partial charge in [-0.3, -0.25) is 0 Å². The molecule has 0 fully saturated rings. The van der Waals surface area contributed by atoms with Crippen molar-refractivity contribution in [3.63, 3.8) is 0 Å². The standard InChI is InChI=1S/C48H30N2O/c1-2-15-31(16-3-1)32-22-14-23-38(48(32)50-43-26-11-4-17-33(43)34-18-5-12-27-44(34)50)35-19-6-9-24-41(35)49-42-25-10-7-20-36(42)39-30-47-40(29-45(39)49)37-21-8-13-28-46(37)51-47/h1-30H. The predicted molar refractivity (Wildman–Crippen MR) is 213 cm³/mol. The predicted octanol–water partition coefficient (Wildman–Crippen LogP) is 13.1. The molecule has 11 rings (SSSR count). The second-order valence-corrected chi connectivity index (χ2v) is 13.3. The first-order chi connectivity index (χ1) is 25.3. The normalized spacial score (nSPS) is 11.9. The first kappa shape index (κ1) is 28.0. The van der Waals surface area contributed by atoms with E-state index in [9.17, 15) is 0 Å². The van der Waals surface area contributed by atoms with Crippen LogP contribution in [0.2, 0.25) is 0 Å². The third kappa shape index (κ3) is 4.06. The molecule has 8 aromatic carbocycles. The van der Waals surface area contributed by atoms with Gasteiger partial charge in [-0.15, -0.1) is 0 Å². The Labute approximate surface area is 293 Å².